The van der Waals surface area contributed by atoms with Crippen LogP contribution < -0.4 is 10.1 Å². The zero-order valence-corrected chi connectivity index (χ0v) is 24.5. The van der Waals surface area contributed by atoms with E-state index in [0.29, 0.717) is 27.8 Å². The molecular formula is C29H31BrCl2N2O3. The van der Waals surface area contributed by atoms with E-state index in [9.17, 15) is 9.59 Å². The van der Waals surface area contributed by atoms with Crippen molar-refractivity contribution in [1.29, 1.82) is 0 Å². The van der Waals surface area contributed by atoms with Crippen LogP contribution in [0.3, 0.4) is 0 Å². The molecule has 0 bridgehead atoms. The highest BCUT2D eigenvalue weighted by molar-refractivity contribution is 9.10. The summed E-state index contributed by atoms with van der Waals surface area (Å²) in [4.78, 5) is 28.2. The molecule has 2 amide bonds. The van der Waals surface area contributed by atoms with Crippen LogP contribution in [0.1, 0.15) is 37.5 Å². The van der Waals surface area contributed by atoms with E-state index in [0.717, 1.165) is 15.6 Å². The van der Waals surface area contributed by atoms with Crippen molar-refractivity contribution < 1.29 is 14.3 Å². The van der Waals surface area contributed by atoms with Crippen molar-refractivity contribution in [3.8, 4) is 5.75 Å². The lowest BCUT2D eigenvalue weighted by atomic mass is 9.87. The molecule has 0 aromatic heterocycles. The van der Waals surface area contributed by atoms with Gasteiger partial charge in [-0.2, -0.15) is 0 Å². The van der Waals surface area contributed by atoms with Gasteiger partial charge < -0.3 is 15.0 Å². The molecule has 0 saturated heterocycles. The monoisotopic (exact) mass is 604 g/mol. The van der Waals surface area contributed by atoms with E-state index in [-0.39, 0.29) is 30.4 Å². The molecule has 0 aliphatic heterocycles. The van der Waals surface area contributed by atoms with Gasteiger partial charge in [-0.25, -0.2) is 0 Å². The van der Waals surface area contributed by atoms with Crippen LogP contribution in [0.15, 0.2) is 71.2 Å². The second-order valence-electron chi connectivity index (χ2n) is 9.76. The second-order valence-corrected chi connectivity index (χ2v) is 11.5. The maximum absolute atomic E-state index is 13.6. The second kappa shape index (κ2) is 12.8. The maximum atomic E-state index is 13.6. The highest BCUT2D eigenvalue weighted by atomic mass is 79.9. The summed E-state index contributed by atoms with van der Waals surface area (Å²) in [6, 6.07) is 19.7. The lowest BCUT2D eigenvalue weighted by Crippen LogP contribution is -2.51. The summed E-state index contributed by atoms with van der Waals surface area (Å²) in [5, 5.41) is 3.61. The van der Waals surface area contributed by atoms with E-state index in [1.807, 2.05) is 48.5 Å². The third-order valence-corrected chi connectivity index (χ3v) is 7.23. The number of ether oxygens (including phenoxy) is 1. The normalized spacial score (nSPS) is 12.1. The molecule has 3 aromatic rings. The Balaban J connectivity index is 1.90. The predicted octanol–water partition coefficient (Wildman–Crippen LogP) is 6.82. The first-order chi connectivity index (χ1) is 17.5. The van der Waals surface area contributed by atoms with Gasteiger partial charge in [0.2, 0.25) is 5.91 Å². The average Bonchev–Trinajstić information content (AvgIpc) is 2.86. The fourth-order valence-corrected chi connectivity index (χ4v) is 4.82. The Morgan fingerprint density at radius 1 is 1.03 bits per heavy atom. The van der Waals surface area contributed by atoms with Crippen molar-refractivity contribution in [2.24, 2.45) is 0 Å². The minimum atomic E-state index is -0.776. The first-order valence-electron chi connectivity index (χ1n) is 11.9. The van der Waals surface area contributed by atoms with Gasteiger partial charge in [-0.05, 0) is 62.3 Å². The van der Waals surface area contributed by atoms with Crippen molar-refractivity contribution in [2.75, 3.05) is 13.7 Å². The quantitative estimate of drug-likeness (QED) is 0.291. The molecule has 0 fully saturated rings. The number of hydrogen-bond acceptors (Lipinski definition) is 3. The lowest BCUT2D eigenvalue weighted by molar-refractivity contribution is -0.142. The van der Waals surface area contributed by atoms with Crippen molar-refractivity contribution >= 4 is 50.9 Å². The van der Waals surface area contributed by atoms with Crippen LogP contribution in [0.5, 0.6) is 5.75 Å². The molecule has 1 N–H and O–H groups in total. The first-order valence-corrected chi connectivity index (χ1v) is 13.5. The highest BCUT2D eigenvalue weighted by Gasteiger charge is 2.30. The van der Waals surface area contributed by atoms with Crippen LogP contribution in [0.25, 0.3) is 0 Å². The van der Waals surface area contributed by atoms with Gasteiger partial charge in [-0.1, -0.05) is 86.4 Å². The third-order valence-electron chi connectivity index (χ3n) is 6.02. The fourth-order valence-electron chi connectivity index (χ4n) is 3.86. The molecular weight excluding hydrogens is 575 g/mol. The van der Waals surface area contributed by atoms with Gasteiger partial charge in [0.15, 0.2) is 6.61 Å². The van der Waals surface area contributed by atoms with Crippen LogP contribution in [0.2, 0.25) is 10.0 Å². The van der Waals surface area contributed by atoms with E-state index >= 15 is 0 Å². The lowest BCUT2D eigenvalue weighted by Gasteiger charge is -2.31. The SMILES string of the molecule is CNC(=O)C(Cc1ccccc1)N(Cc1ccc(Cl)cc1Cl)C(=O)COc1ccc(C(C)(C)C)cc1Br. The van der Waals surface area contributed by atoms with E-state index in [1.165, 1.54) is 4.90 Å². The summed E-state index contributed by atoms with van der Waals surface area (Å²) in [6.07, 6.45) is 0.335. The van der Waals surface area contributed by atoms with Crippen LogP contribution in [0.4, 0.5) is 0 Å². The molecule has 1 unspecified atom stereocenters. The zero-order valence-electron chi connectivity index (χ0n) is 21.4. The maximum Gasteiger partial charge on any atom is 0.261 e. The molecule has 196 valence electrons. The summed E-state index contributed by atoms with van der Waals surface area (Å²) in [6.45, 7) is 6.26. The van der Waals surface area contributed by atoms with Gasteiger partial charge in [0.25, 0.3) is 5.91 Å². The molecule has 0 radical (unpaired) electrons. The largest absolute Gasteiger partial charge is 0.483 e. The van der Waals surface area contributed by atoms with Gasteiger partial charge in [0.1, 0.15) is 11.8 Å². The fraction of sp³-hybridized carbons (Fsp3) is 0.310. The minimum absolute atomic E-state index is 0.0241. The Morgan fingerprint density at radius 3 is 2.32 bits per heavy atom. The standard InChI is InChI=1S/C29H31BrCl2N2O3/c1-29(2,3)21-11-13-26(23(30)15-21)37-18-27(35)34(17-20-10-12-22(31)16-24(20)32)25(28(36)33-4)14-19-8-6-5-7-9-19/h5-13,15-16,25H,14,17-18H2,1-4H3,(H,33,36). The molecule has 1 atom stereocenters. The Kier molecular flexibility index (Phi) is 10.0. The zero-order chi connectivity index (χ0) is 27.2. The molecule has 3 rings (SSSR count). The van der Waals surface area contributed by atoms with Gasteiger partial charge in [0.05, 0.1) is 4.47 Å². The van der Waals surface area contributed by atoms with Gasteiger partial charge >= 0.3 is 0 Å². The molecule has 0 saturated carbocycles. The Hall–Kier alpha value is -2.54. The number of amides is 2. The molecule has 0 aliphatic rings. The van der Waals surface area contributed by atoms with E-state index in [1.54, 1.807) is 25.2 Å². The molecule has 5 nitrogen and oxygen atoms in total. The smallest absolute Gasteiger partial charge is 0.261 e. The average molecular weight is 606 g/mol. The highest BCUT2D eigenvalue weighted by Crippen LogP contribution is 2.32. The van der Waals surface area contributed by atoms with Crippen molar-refractivity contribution in [2.45, 2.75) is 45.2 Å². The summed E-state index contributed by atoms with van der Waals surface area (Å²) in [7, 11) is 1.56. The first kappa shape index (κ1) is 29.0. The van der Waals surface area contributed by atoms with Crippen molar-refractivity contribution in [3.63, 3.8) is 0 Å². The molecule has 0 heterocycles. The number of rotatable bonds is 9. The Bertz CT molecular complexity index is 1250. The van der Waals surface area contributed by atoms with E-state index in [2.05, 4.69) is 42.0 Å². The van der Waals surface area contributed by atoms with E-state index in [4.69, 9.17) is 27.9 Å². The van der Waals surface area contributed by atoms with E-state index < -0.39 is 6.04 Å². The minimum Gasteiger partial charge on any atom is -0.483 e. The number of nitrogens with one attached hydrogen (secondary N) is 1. The summed E-state index contributed by atoms with van der Waals surface area (Å²) < 4.78 is 6.68. The third kappa shape index (κ3) is 7.97. The molecule has 37 heavy (non-hydrogen) atoms. The van der Waals surface area contributed by atoms with Gasteiger partial charge in [-0.3, -0.25) is 9.59 Å². The van der Waals surface area contributed by atoms with Crippen LogP contribution in [-0.2, 0) is 28.0 Å². The van der Waals surface area contributed by atoms with Crippen molar-refractivity contribution in [1.82, 2.24) is 10.2 Å². The van der Waals surface area contributed by atoms with Crippen molar-refractivity contribution in [3.05, 3.63) is 97.9 Å². The number of benzene rings is 3. The molecule has 8 heteroatoms. The number of nitrogens with zero attached hydrogens (tertiary/aromatic N) is 1. The Morgan fingerprint density at radius 2 is 1.73 bits per heavy atom. The number of carbonyl (C=O) groups excluding carboxylic acids is 2. The topological polar surface area (TPSA) is 58.6 Å². The van der Waals surface area contributed by atoms with Crippen LogP contribution in [0, 0.1) is 0 Å². The summed E-state index contributed by atoms with van der Waals surface area (Å²) in [5.74, 6) is -0.0780. The number of hydrogen-bond donors (Lipinski definition) is 1. The number of halogens is 3. The van der Waals surface area contributed by atoms with Gasteiger partial charge in [0, 0.05) is 30.1 Å². The number of carbonyl (C=O) groups is 2. The predicted molar refractivity (Wildman–Crippen MR) is 153 cm³/mol. The molecule has 3 aromatic carbocycles. The summed E-state index contributed by atoms with van der Waals surface area (Å²) >= 11 is 16.1. The van der Waals surface area contributed by atoms with Gasteiger partial charge in [-0.15, -0.1) is 0 Å². The molecule has 0 spiro atoms. The summed E-state index contributed by atoms with van der Waals surface area (Å²) in [5.41, 5.74) is 2.72. The Labute approximate surface area is 237 Å². The molecule has 0 aliphatic carbocycles. The van der Waals surface area contributed by atoms with Crippen LogP contribution >= 0.6 is 39.1 Å². The van der Waals surface area contributed by atoms with Crippen LogP contribution in [-0.4, -0.2) is 36.4 Å². The number of likely N-dealkylation sites (N-methyl/N-ethyl adjacent to an activating group) is 1.